The zero-order valence-electron chi connectivity index (χ0n) is 10.9. The molecule has 2 rings (SSSR count). The lowest BCUT2D eigenvalue weighted by molar-refractivity contribution is -0.138. The molecule has 98 valence electrons. The van der Waals surface area contributed by atoms with Gasteiger partial charge in [0.1, 0.15) is 0 Å². The fourth-order valence-electron chi connectivity index (χ4n) is 2.91. The Morgan fingerprint density at radius 2 is 2.00 bits per heavy atom. The number of nitrogens with zero attached hydrogens (tertiary/aromatic N) is 1. The number of methoxy groups -OCH3 is 1. The standard InChI is InChI=1S/C13H24N2O2/c1-10-7-11(9-14-8-10)13(16)15-5-3-12(17-2)4-6-15/h10-12,14H,3-9H2,1-2H3. The molecule has 0 aromatic heterocycles. The summed E-state index contributed by atoms with van der Waals surface area (Å²) in [5.41, 5.74) is 0. The molecule has 2 aliphatic heterocycles. The predicted molar refractivity (Wildman–Crippen MR) is 66.8 cm³/mol. The van der Waals surface area contributed by atoms with Crippen molar-refractivity contribution in [2.75, 3.05) is 33.3 Å². The molecule has 2 heterocycles. The van der Waals surface area contributed by atoms with Crippen LogP contribution in [0.5, 0.6) is 0 Å². The minimum absolute atomic E-state index is 0.192. The fraction of sp³-hybridized carbons (Fsp3) is 0.923. The first kappa shape index (κ1) is 12.8. The molecule has 2 unspecified atom stereocenters. The zero-order valence-corrected chi connectivity index (χ0v) is 10.9. The second kappa shape index (κ2) is 5.83. The van der Waals surface area contributed by atoms with Crippen LogP contribution >= 0.6 is 0 Å². The van der Waals surface area contributed by atoms with Gasteiger partial charge < -0.3 is 15.0 Å². The minimum Gasteiger partial charge on any atom is -0.381 e. The molecule has 0 aromatic carbocycles. The first-order valence-corrected chi connectivity index (χ1v) is 6.73. The summed E-state index contributed by atoms with van der Waals surface area (Å²) in [5, 5.41) is 3.35. The maximum atomic E-state index is 12.3. The number of hydrogen-bond donors (Lipinski definition) is 1. The third kappa shape index (κ3) is 3.19. The maximum absolute atomic E-state index is 12.3. The van der Waals surface area contributed by atoms with Crippen molar-refractivity contribution in [1.82, 2.24) is 10.2 Å². The second-order valence-electron chi connectivity index (χ2n) is 5.46. The number of carbonyl (C=O) groups excluding carboxylic acids is 1. The van der Waals surface area contributed by atoms with Crippen LogP contribution in [0.3, 0.4) is 0 Å². The van der Waals surface area contributed by atoms with Crippen molar-refractivity contribution in [3.8, 4) is 0 Å². The monoisotopic (exact) mass is 240 g/mol. The Balaban J connectivity index is 1.83. The summed E-state index contributed by atoms with van der Waals surface area (Å²) in [5.74, 6) is 1.16. The van der Waals surface area contributed by atoms with Gasteiger partial charge in [-0.3, -0.25) is 4.79 Å². The summed E-state index contributed by atoms with van der Waals surface area (Å²) in [6, 6.07) is 0. The van der Waals surface area contributed by atoms with Crippen LogP contribution < -0.4 is 5.32 Å². The highest BCUT2D eigenvalue weighted by Crippen LogP contribution is 2.21. The lowest BCUT2D eigenvalue weighted by Crippen LogP contribution is -2.48. The third-order valence-electron chi connectivity index (χ3n) is 4.01. The van der Waals surface area contributed by atoms with Gasteiger partial charge in [0, 0.05) is 26.7 Å². The number of amides is 1. The van der Waals surface area contributed by atoms with Crippen molar-refractivity contribution in [3.63, 3.8) is 0 Å². The molecule has 0 spiro atoms. The Kier molecular flexibility index (Phi) is 4.40. The van der Waals surface area contributed by atoms with Crippen molar-refractivity contribution in [2.24, 2.45) is 11.8 Å². The van der Waals surface area contributed by atoms with E-state index in [-0.39, 0.29) is 5.92 Å². The molecule has 2 atom stereocenters. The third-order valence-corrected chi connectivity index (χ3v) is 4.01. The molecule has 0 aliphatic carbocycles. The van der Waals surface area contributed by atoms with E-state index >= 15 is 0 Å². The van der Waals surface area contributed by atoms with Crippen LogP contribution in [-0.2, 0) is 9.53 Å². The summed E-state index contributed by atoms with van der Waals surface area (Å²) in [6.07, 6.45) is 3.36. The first-order valence-electron chi connectivity index (χ1n) is 6.73. The molecule has 0 bridgehead atoms. The first-order chi connectivity index (χ1) is 8.20. The fourth-order valence-corrected chi connectivity index (χ4v) is 2.91. The van der Waals surface area contributed by atoms with Gasteiger partial charge in [0.25, 0.3) is 0 Å². The van der Waals surface area contributed by atoms with Crippen molar-refractivity contribution in [1.29, 1.82) is 0 Å². The number of likely N-dealkylation sites (tertiary alicyclic amines) is 1. The van der Waals surface area contributed by atoms with Crippen LogP contribution in [0.4, 0.5) is 0 Å². The van der Waals surface area contributed by atoms with E-state index in [1.54, 1.807) is 7.11 Å². The molecule has 17 heavy (non-hydrogen) atoms. The van der Waals surface area contributed by atoms with Gasteiger partial charge in [0.2, 0.25) is 5.91 Å². The molecule has 1 amide bonds. The molecular formula is C13H24N2O2. The highest BCUT2D eigenvalue weighted by Gasteiger charge is 2.30. The number of piperidine rings is 2. The van der Waals surface area contributed by atoms with E-state index in [9.17, 15) is 4.79 Å². The van der Waals surface area contributed by atoms with Gasteiger partial charge in [0.05, 0.1) is 12.0 Å². The normalized spacial score (nSPS) is 31.5. The van der Waals surface area contributed by atoms with Gasteiger partial charge in [-0.05, 0) is 31.7 Å². The van der Waals surface area contributed by atoms with E-state index in [1.807, 2.05) is 4.90 Å². The molecular weight excluding hydrogens is 216 g/mol. The number of nitrogens with one attached hydrogen (secondary N) is 1. The Labute approximate surface area is 104 Å². The number of hydrogen-bond acceptors (Lipinski definition) is 3. The molecule has 0 aromatic rings. The van der Waals surface area contributed by atoms with Crippen LogP contribution in [0.25, 0.3) is 0 Å². The summed E-state index contributed by atoms with van der Waals surface area (Å²) in [7, 11) is 1.76. The van der Waals surface area contributed by atoms with Gasteiger partial charge in [-0.1, -0.05) is 6.92 Å². The van der Waals surface area contributed by atoms with E-state index in [0.717, 1.165) is 45.4 Å². The van der Waals surface area contributed by atoms with Crippen molar-refractivity contribution in [3.05, 3.63) is 0 Å². The van der Waals surface area contributed by atoms with E-state index in [4.69, 9.17) is 4.74 Å². The Bertz CT molecular complexity index is 262. The average Bonchev–Trinajstić information content (AvgIpc) is 2.38. The lowest BCUT2D eigenvalue weighted by Gasteiger charge is -2.36. The van der Waals surface area contributed by atoms with Crippen LogP contribution in [0.1, 0.15) is 26.2 Å². The molecule has 1 N–H and O–H groups in total. The molecule has 4 nitrogen and oxygen atoms in total. The van der Waals surface area contributed by atoms with Gasteiger partial charge in [-0.15, -0.1) is 0 Å². The van der Waals surface area contributed by atoms with Crippen LogP contribution in [0.15, 0.2) is 0 Å². The van der Waals surface area contributed by atoms with Crippen LogP contribution in [0.2, 0.25) is 0 Å². The van der Waals surface area contributed by atoms with Gasteiger partial charge in [0.15, 0.2) is 0 Å². The van der Waals surface area contributed by atoms with E-state index in [0.29, 0.717) is 17.9 Å². The second-order valence-corrected chi connectivity index (χ2v) is 5.46. The summed E-state index contributed by atoms with van der Waals surface area (Å²) in [6.45, 7) is 5.84. The molecule has 2 aliphatic rings. The van der Waals surface area contributed by atoms with Gasteiger partial charge in [-0.25, -0.2) is 0 Å². The average molecular weight is 240 g/mol. The van der Waals surface area contributed by atoms with E-state index < -0.39 is 0 Å². The zero-order chi connectivity index (χ0) is 12.3. The van der Waals surface area contributed by atoms with E-state index in [1.165, 1.54) is 0 Å². The minimum atomic E-state index is 0.192. The van der Waals surface area contributed by atoms with Gasteiger partial charge >= 0.3 is 0 Å². The molecule has 2 saturated heterocycles. The summed E-state index contributed by atoms with van der Waals surface area (Å²) in [4.78, 5) is 14.4. The molecule has 4 heteroatoms. The quantitative estimate of drug-likeness (QED) is 0.778. The smallest absolute Gasteiger partial charge is 0.226 e. The molecule has 2 fully saturated rings. The lowest BCUT2D eigenvalue weighted by atomic mass is 9.90. The number of rotatable bonds is 2. The van der Waals surface area contributed by atoms with E-state index in [2.05, 4.69) is 12.2 Å². The Hall–Kier alpha value is -0.610. The summed E-state index contributed by atoms with van der Waals surface area (Å²) < 4.78 is 5.33. The largest absolute Gasteiger partial charge is 0.381 e. The predicted octanol–water partition coefficient (Wildman–Crippen LogP) is 0.869. The Morgan fingerprint density at radius 3 is 2.59 bits per heavy atom. The van der Waals surface area contributed by atoms with Crippen molar-refractivity contribution in [2.45, 2.75) is 32.3 Å². The number of carbonyl (C=O) groups is 1. The maximum Gasteiger partial charge on any atom is 0.226 e. The highest BCUT2D eigenvalue weighted by atomic mass is 16.5. The Morgan fingerprint density at radius 1 is 1.29 bits per heavy atom. The van der Waals surface area contributed by atoms with Gasteiger partial charge in [-0.2, -0.15) is 0 Å². The van der Waals surface area contributed by atoms with Crippen LogP contribution in [-0.4, -0.2) is 50.2 Å². The topological polar surface area (TPSA) is 41.6 Å². The van der Waals surface area contributed by atoms with Crippen molar-refractivity contribution < 1.29 is 9.53 Å². The number of ether oxygens (including phenoxy) is 1. The van der Waals surface area contributed by atoms with Crippen molar-refractivity contribution >= 4 is 5.91 Å². The highest BCUT2D eigenvalue weighted by molar-refractivity contribution is 5.79. The summed E-state index contributed by atoms with van der Waals surface area (Å²) >= 11 is 0. The van der Waals surface area contributed by atoms with Crippen LogP contribution in [0, 0.1) is 11.8 Å². The SMILES string of the molecule is COC1CCN(C(=O)C2CNCC(C)C2)CC1. The molecule has 0 saturated carbocycles. The molecule has 0 radical (unpaired) electrons.